The summed E-state index contributed by atoms with van der Waals surface area (Å²) in [6.45, 7) is 0.806. The van der Waals surface area contributed by atoms with Crippen LogP contribution >= 0.6 is 0 Å². The van der Waals surface area contributed by atoms with Gasteiger partial charge in [0.25, 0.3) is 5.91 Å². The van der Waals surface area contributed by atoms with Crippen LogP contribution in [0.25, 0.3) is 0 Å². The first-order valence-corrected chi connectivity index (χ1v) is 7.98. The molecule has 0 unspecified atom stereocenters. The van der Waals surface area contributed by atoms with Gasteiger partial charge in [-0.3, -0.25) is 20.4 Å². The molecular weight excluding hydrogens is 365 g/mol. The second-order valence-corrected chi connectivity index (χ2v) is 5.73. The number of carbonyl (C=O) groups excluding carboxylic acids is 2. The maximum Gasteiger partial charge on any atom is 0.416 e. The highest BCUT2D eigenvalue weighted by molar-refractivity contribution is 5.96. The molecule has 142 valence electrons. The van der Waals surface area contributed by atoms with Gasteiger partial charge in [-0.25, -0.2) is 0 Å². The Kier molecular flexibility index (Phi) is 5.20. The van der Waals surface area contributed by atoms with Gasteiger partial charge in [-0.05, 0) is 35.9 Å². The Morgan fingerprint density at radius 2 is 1.59 bits per heavy atom. The first kappa shape index (κ1) is 18.6. The summed E-state index contributed by atoms with van der Waals surface area (Å²) in [6.07, 6.45) is -4.61. The molecule has 27 heavy (non-hydrogen) atoms. The van der Waals surface area contributed by atoms with Gasteiger partial charge in [0, 0.05) is 5.56 Å². The molecule has 0 bridgehead atoms. The molecule has 1 heterocycles. The summed E-state index contributed by atoms with van der Waals surface area (Å²) >= 11 is 0. The Morgan fingerprint density at radius 3 is 2.26 bits per heavy atom. The van der Waals surface area contributed by atoms with Gasteiger partial charge < -0.3 is 9.47 Å². The normalized spacial score (nSPS) is 13.0. The molecule has 3 rings (SSSR count). The van der Waals surface area contributed by atoms with E-state index in [-0.39, 0.29) is 12.0 Å². The summed E-state index contributed by atoms with van der Waals surface area (Å²) in [7, 11) is 0. The van der Waals surface area contributed by atoms with Crippen molar-refractivity contribution in [3.63, 3.8) is 0 Å². The molecule has 0 aromatic heterocycles. The molecule has 1 aliphatic heterocycles. The molecule has 1 aliphatic rings. The van der Waals surface area contributed by atoms with Gasteiger partial charge in [0.05, 0.1) is 12.0 Å². The van der Waals surface area contributed by atoms with E-state index in [1.54, 1.807) is 6.07 Å². The molecule has 9 heteroatoms. The van der Waals surface area contributed by atoms with Crippen molar-refractivity contribution in [2.45, 2.75) is 12.6 Å². The fraction of sp³-hybridized carbons (Fsp3) is 0.222. The number of carbonyl (C=O) groups is 2. The van der Waals surface area contributed by atoms with Crippen molar-refractivity contribution in [2.75, 3.05) is 13.2 Å². The smallest absolute Gasteiger partial charge is 0.416 e. The highest BCUT2D eigenvalue weighted by Gasteiger charge is 2.30. The van der Waals surface area contributed by atoms with Gasteiger partial charge in [0.1, 0.15) is 13.2 Å². The lowest BCUT2D eigenvalue weighted by atomic mass is 10.1. The highest BCUT2D eigenvalue weighted by atomic mass is 19.4. The Labute approximate surface area is 152 Å². The predicted molar refractivity (Wildman–Crippen MR) is 88.2 cm³/mol. The fourth-order valence-corrected chi connectivity index (χ4v) is 2.42. The van der Waals surface area contributed by atoms with Crippen LogP contribution in [-0.4, -0.2) is 25.0 Å². The van der Waals surface area contributed by atoms with E-state index in [1.807, 2.05) is 0 Å². The summed E-state index contributed by atoms with van der Waals surface area (Å²) in [5, 5.41) is 0. The van der Waals surface area contributed by atoms with Gasteiger partial charge in [-0.2, -0.15) is 13.2 Å². The minimum Gasteiger partial charge on any atom is -0.486 e. The van der Waals surface area contributed by atoms with Crippen molar-refractivity contribution < 1.29 is 32.2 Å². The van der Waals surface area contributed by atoms with Crippen LogP contribution in [0.3, 0.4) is 0 Å². The van der Waals surface area contributed by atoms with E-state index in [9.17, 15) is 22.8 Å². The van der Waals surface area contributed by atoms with E-state index in [1.165, 1.54) is 24.3 Å². The zero-order valence-electron chi connectivity index (χ0n) is 13.9. The van der Waals surface area contributed by atoms with Crippen LogP contribution in [-0.2, 0) is 17.4 Å². The summed E-state index contributed by atoms with van der Waals surface area (Å²) < 4.78 is 48.3. The molecule has 2 N–H and O–H groups in total. The molecule has 0 radical (unpaired) electrons. The number of halogens is 3. The molecule has 6 nitrogen and oxygen atoms in total. The van der Waals surface area contributed by atoms with E-state index in [0.717, 1.165) is 12.1 Å². The zero-order chi connectivity index (χ0) is 19.4. The molecule has 2 amide bonds. The largest absolute Gasteiger partial charge is 0.486 e. The lowest BCUT2D eigenvalue weighted by Gasteiger charge is -2.18. The Balaban J connectivity index is 1.53. The van der Waals surface area contributed by atoms with Gasteiger partial charge in [-0.1, -0.05) is 12.1 Å². The van der Waals surface area contributed by atoms with Crippen LogP contribution in [0.15, 0.2) is 42.5 Å². The van der Waals surface area contributed by atoms with Crippen LogP contribution in [0.2, 0.25) is 0 Å². The van der Waals surface area contributed by atoms with Crippen LogP contribution in [0.1, 0.15) is 21.5 Å². The first-order chi connectivity index (χ1) is 12.8. The van der Waals surface area contributed by atoms with Crippen molar-refractivity contribution in [3.8, 4) is 11.5 Å². The number of nitrogens with one attached hydrogen (secondary N) is 2. The van der Waals surface area contributed by atoms with Crippen molar-refractivity contribution in [1.82, 2.24) is 10.9 Å². The molecule has 0 fully saturated rings. The number of amides is 2. The van der Waals surface area contributed by atoms with E-state index in [4.69, 9.17) is 9.47 Å². The van der Waals surface area contributed by atoms with Crippen molar-refractivity contribution in [2.24, 2.45) is 0 Å². The van der Waals surface area contributed by atoms with E-state index < -0.39 is 23.6 Å². The third kappa shape index (κ3) is 4.69. The summed E-state index contributed by atoms with van der Waals surface area (Å²) in [4.78, 5) is 24.0. The number of hydrogen-bond acceptors (Lipinski definition) is 4. The van der Waals surface area contributed by atoms with E-state index >= 15 is 0 Å². The minimum atomic E-state index is -4.43. The second-order valence-electron chi connectivity index (χ2n) is 5.73. The molecular formula is C18H15F3N2O4. The second kappa shape index (κ2) is 7.56. The Hall–Kier alpha value is -3.23. The maximum atomic E-state index is 12.5. The Morgan fingerprint density at radius 1 is 0.926 bits per heavy atom. The number of fused-ring (bicyclic) bond motifs is 1. The number of alkyl halides is 3. The molecule has 2 aromatic rings. The van der Waals surface area contributed by atoms with Gasteiger partial charge in [0.15, 0.2) is 11.5 Å². The predicted octanol–water partition coefficient (Wildman–Crippen LogP) is 2.48. The van der Waals surface area contributed by atoms with Gasteiger partial charge >= 0.3 is 6.18 Å². The number of hydrazine groups is 1. The highest BCUT2D eigenvalue weighted by Crippen LogP contribution is 2.31. The van der Waals surface area contributed by atoms with Gasteiger partial charge in [-0.15, -0.1) is 0 Å². The Bertz CT molecular complexity index is 851. The third-order valence-corrected chi connectivity index (χ3v) is 3.77. The van der Waals surface area contributed by atoms with Crippen molar-refractivity contribution >= 4 is 11.8 Å². The molecule has 2 aromatic carbocycles. The number of benzene rings is 2. The number of hydrogen-bond donors (Lipinski definition) is 2. The molecule has 0 saturated carbocycles. The van der Waals surface area contributed by atoms with Crippen molar-refractivity contribution in [3.05, 3.63) is 59.2 Å². The fourth-order valence-electron chi connectivity index (χ4n) is 2.42. The molecule has 0 aliphatic carbocycles. The lowest BCUT2D eigenvalue weighted by Crippen LogP contribution is -2.42. The van der Waals surface area contributed by atoms with Crippen molar-refractivity contribution in [1.29, 1.82) is 0 Å². The molecule has 0 atom stereocenters. The summed E-state index contributed by atoms with van der Waals surface area (Å²) in [5.74, 6) is -0.164. The first-order valence-electron chi connectivity index (χ1n) is 7.98. The van der Waals surface area contributed by atoms with E-state index in [0.29, 0.717) is 30.3 Å². The molecule has 0 spiro atoms. The average molecular weight is 380 g/mol. The third-order valence-electron chi connectivity index (χ3n) is 3.77. The quantitative estimate of drug-likeness (QED) is 0.803. The monoisotopic (exact) mass is 380 g/mol. The SMILES string of the molecule is O=C(Cc1ccc(C(F)(F)F)cc1)NNC(=O)c1ccc2c(c1)OCCO2. The van der Waals surface area contributed by atoms with Crippen LogP contribution < -0.4 is 20.3 Å². The standard InChI is InChI=1S/C18H15F3N2O4/c19-18(20,21)13-4-1-11(2-5-13)9-16(24)22-23-17(25)12-3-6-14-15(10-12)27-8-7-26-14/h1-6,10H,7-9H2,(H,22,24)(H,23,25). The number of ether oxygens (including phenoxy) is 2. The van der Waals surface area contributed by atoms with Gasteiger partial charge in [0.2, 0.25) is 5.91 Å². The summed E-state index contributed by atoms with van der Waals surface area (Å²) in [5.41, 5.74) is 4.32. The van der Waals surface area contributed by atoms with Crippen LogP contribution in [0.4, 0.5) is 13.2 Å². The topological polar surface area (TPSA) is 76.7 Å². The number of rotatable bonds is 3. The zero-order valence-corrected chi connectivity index (χ0v) is 13.9. The maximum absolute atomic E-state index is 12.5. The van der Waals surface area contributed by atoms with Crippen LogP contribution in [0.5, 0.6) is 11.5 Å². The minimum absolute atomic E-state index is 0.181. The lowest BCUT2D eigenvalue weighted by molar-refractivity contribution is -0.137. The average Bonchev–Trinajstić information content (AvgIpc) is 2.65. The van der Waals surface area contributed by atoms with E-state index in [2.05, 4.69) is 10.9 Å². The summed E-state index contributed by atoms with van der Waals surface area (Å²) in [6, 6.07) is 8.83. The molecule has 0 saturated heterocycles. The van der Waals surface area contributed by atoms with Crippen LogP contribution in [0, 0.1) is 0 Å².